The number of aryl methyl sites for hydroxylation is 2. The van der Waals surface area contributed by atoms with Crippen molar-refractivity contribution in [2.24, 2.45) is 0 Å². The molecule has 3 heterocycles. The molecular weight excluding hydrogens is 468 g/mol. The van der Waals surface area contributed by atoms with Crippen LogP contribution in [0.15, 0.2) is 77.0 Å². The predicted molar refractivity (Wildman–Crippen MR) is 139 cm³/mol. The maximum atomic E-state index is 13.4. The van der Waals surface area contributed by atoms with E-state index in [-0.39, 0.29) is 12.8 Å². The van der Waals surface area contributed by atoms with Crippen LogP contribution < -0.4 is 19.7 Å². The highest BCUT2D eigenvalue weighted by molar-refractivity contribution is 6.01. The van der Waals surface area contributed by atoms with Crippen LogP contribution in [0, 0.1) is 6.92 Å². The fourth-order valence-corrected chi connectivity index (χ4v) is 4.71. The van der Waals surface area contributed by atoms with Crippen LogP contribution in [-0.4, -0.2) is 23.0 Å². The number of benzene rings is 3. The fourth-order valence-electron chi connectivity index (χ4n) is 4.71. The lowest BCUT2D eigenvalue weighted by Crippen LogP contribution is -2.46. The average Bonchev–Trinajstić information content (AvgIpc) is 3.59. The van der Waals surface area contributed by atoms with Crippen LogP contribution in [0.25, 0.3) is 17.0 Å². The lowest BCUT2D eigenvalue weighted by Gasteiger charge is -2.35. The number of nitrogens with zero attached hydrogens (tertiary/aromatic N) is 3. The molecule has 1 aromatic heterocycles. The Labute approximate surface area is 214 Å². The van der Waals surface area contributed by atoms with E-state index >= 15 is 0 Å². The number of urea groups is 1. The number of hydrogen-bond donors (Lipinski definition) is 1. The van der Waals surface area contributed by atoms with E-state index in [9.17, 15) is 4.79 Å². The number of rotatable bonds is 5. The number of allylic oxidation sites excluding steroid dienone is 1. The zero-order chi connectivity index (χ0) is 25.5. The zero-order valence-electron chi connectivity index (χ0n) is 20.8. The molecule has 1 unspecified atom stereocenters. The fraction of sp³-hybridized carbons (Fsp3) is 0.207. The molecule has 0 bridgehead atoms. The summed E-state index contributed by atoms with van der Waals surface area (Å²) in [5.41, 5.74) is 6.23. The molecule has 8 heteroatoms. The highest BCUT2D eigenvalue weighted by atomic mass is 16.7. The van der Waals surface area contributed by atoms with Crippen molar-refractivity contribution in [2.45, 2.75) is 33.2 Å². The van der Waals surface area contributed by atoms with Gasteiger partial charge < -0.3 is 19.3 Å². The number of amides is 2. The van der Waals surface area contributed by atoms with Gasteiger partial charge in [0.15, 0.2) is 11.5 Å². The predicted octanol–water partition coefficient (Wildman–Crippen LogP) is 6.04. The lowest BCUT2D eigenvalue weighted by atomic mass is 9.93. The first kappa shape index (κ1) is 22.8. The largest absolute Gasteiger partial charge is 0.454 e. The van der Waals surface area contributed by atoms with Crippen molar-refractivity contribution in [1.29, 1.82) is 0 Å². The number of aromatic nitrogens is 2. The van der Waals surface area contributed by atoms with Crippen LogP contribution in [0.5, 0.6) is 11.5 Å². The van der Waals surface area contributed by atoms with E-state index in [2.05, 4.69) is 29.5 Å². The molecule has 0 radical (unpaired) electrons. The third-order valence-corrected chi connectivity index (χ3v) is 6.79. The van der Waals surface area contributed by atoms with Gasteiger partial charge in [0.05, 0.1) is 17.3 Å². The molecule has 1 atom stereocenters. The smallest absolute Gasteiger partial charge is 0.326 e. The van der Waals surface area contributed by atoms with Gasteiger partial charge >= 0.3 is 6.03 Å². The summed E-state index contributed by atoms with van der Waals surface area (Å²) in [4.78, 5) is 19.8. The Kier molecular flexibility index (Phi) is 5.64. The minimum absolute atomic E-state index is 0.190. The highest BCUT2D eigenvalue weighted by Gasteiger charge is 2.36. The molecule has 0 saturated carbocycles. The Morgan fingerprint density at radius 3 is 2.49 bits per heavy atom. The zero-order valence-corrected chi connectivity index (χ0v) is 20.8. The molecule has 4 aromatic rings. The molecule has 37 heavy (non-hydrogen) atoms. The molecule has 2 amide bonds. The van der Waals surface area contributed by atoms with E-state index in [0.29, 0.717) is 23.2 Å². The summed E-state index contributed by atoms with van der Waals surface area (Å²) in [6.45, 7) is 6.23. The SMILES string of the molecule is CCc1ccc(C2NC(=O)N(c3ccc(C)cc3)C(C)=C2c2nc(-c3ccc4c(c3)OCO4)no2)cc1. The molecule has 186 valence electrons. The second-order valence-corrected chi connectivity index (χ2v) is 9.14. The summed E-state index contributed by atoms with van der Waals surface area (Å²) < 4.78 is 16.7. The van der Waals surface area contributed by atoms with E-state index in [0.717, 1.165) is 40.1 Å². The molecule has 0 aliphatic carbocycles. The second-order valence-electron chi connectivity index (χ2n) is 9.14. The second kappa shape index (κ2) is 9.13. The van der Waals surface area contributed by atoms with Crippen molar-refractivity contribution >= 4 is 17.3 Å². The van der Waals surface area contributed by atoms with Crippen molar-refractivity contribution in [3.05, 3.63) is 95.0 Å². The number of carbonyl (C=O) groups is 1. The van der Waals surface area contributed by atoms with Gasteiger partial charge in [-0.2, -0.15) is 4.98 Å². The summed E-state index contributed by atoms with van der Waals surface area (Å²) in [6.07, 6.45) is 0.933. The topological polar surface area (TPSA) is 89.7 Å². The minimum atomic E-state index is -0.454. The van der Waals surface area contributed by atoms with E-state index in [1.807, 2.05) is 68.4 Å². The van der Waals surface area contributed by atoms with Gasteiger partial charge in [-0.05, 0) is 61.7 Å². The maximum absolute atomic E-state index is 13.4. The Balaban J connectivity index is 1.46. The quantitative estimate of drug-likeness (QED) is 0.364. The van der Waals surface area contributed by atoms with E-state index in [1.54, 1.807) is 4.90 Å². The minimum Gasteiger partial charge on any atom is -0.454 e. The van der Waals surface area contributed by atoms with E-state index in [1.165, 1.54) is 5.56 Å². The van der Waals surface area contributed by atoms with Crippen molar-refractivity contribution in [2.75, 3.05) is 11.7 Å². The van der Waals surface area contributed by atoms with Gasteiger partial charge in [-0.15, -0.1) is 0 Å². The molecule has 0 saturated heterocycles. The van der Waals surface area contributed by atoms with E-state index in [4.69, 9.17) is 19.0 Å². The molecule has 0 fully saturated rings. The third-order valence-electron chi connectivity index (χ3n) is 6.79. The molecule has 2 aliphatic heterocycles. The number of carbonyl (C=O) groups excluding carboxylic acids is 1. The van der Waals surface area contributed by atoms with Crippen LogP contribution in [0.2, 0.25) is 0 Å². The first-order valence-corrected chi connectivity index (χ1v) is 12.2. The number of nitrogens with one attached hydrogen (secondary N) is 1. The van der Waals surface area contributed by atoms with Gasteiger partial charge in [-0.25, -0.2) is 4.79 Å². The van der Waals surface area contributed by atoms with Crippen LogP contribution in [-0.2, 0) is 6.42 Å². The van der Waals surface area contributed by atoms with Crippen LogP contribution in [0.3, 0.4) is 0 Å². The molecule has 3 aromatic carbocycles. The summed E-state index contributed by atoms with van der Waals surface area (Å²) in [5, 5.41) is 7.42. The molecule has 0 spiro atoms. The Bertz CT molecular complexity index is 1510. The van der Waals surface area contributed by atoms with Gasteiger partial charge in [0.25, 0.3) is 5.89 Å². The highest BCUT2D eigenvalue weighted by Crippen LogP contribution is 2.40. The third kappa shape index (κ3) is 4.10. The molecule has 8 nitrogen and oxygen atoms in total. The number of ether oxygens (including phenoxy) is 2. The van der Waals surface area contributed by atoms with Gasteiger partial charge in [-0.1, -0.05) is 54.0 Å². The van der Waals surface area contributed by atoms with Gasteiger partial charge in [0.2, 0.25) is 12.6 Å². The monoisotopic (exact) mass is 494 g/mol. The number of anilines is 1. The average molecular weight is 495 g/mol. The van der Waals surface area contributed by atoms with Crippen molar-refractivity contribution in [3.63, 3.8) is 0 Å². The van der Waals surface area contributed by atoms with Crippen molar-refractivity contribution in [1.82, 2.24) is 15.5 Å². The molecule has 6 rings (SSSR count). The Morgan fingerprint density at radius 1 is 0.973 bits per heavy atom. The van der Waals surface area contributed by atoms with Crippen LogP contribution in [0.1, 0.15) is 42.5 Å². The van der Waals surface area contributed by atoms with Crippen LogP contribution in [0.4, 0.5) is 10.5 Å². The van der Waals surface area contributed by atoms with Gasteiger partial charge in [-0.3, -0.25) is 4.90 Å². The molecule has 2 aliphatic rings. The summed E-state index contributed by atoms with van der Waals surface area (Å²) in [7, 11) is 0. The first-order chi connectivity index (χ1) is 18.0. The first-order valence-electron chi connectivity index (χ1n) is 12.2. The Hall–Kier alpha value is -4.59. The maximum Gasteiger partial charge on any atom is 0.326 e. The van der Waals surface area contributed by atoms with E-state index < -0.39 is 6.04 Å². The van der Waals surface area contributed by atoms with Crippen molar-refractivity contribution < 1.29 is 18.8 Å². The number of hydrogen-bond acceptors (Lipinski definition) is 6. The van der Waals surface area contributed by atoms with Crippen molar-refractivity contribution in [3.8, 4) is 22.9 Å². The number of fused-ring (bicyclic) bond motifs is 1. The summed E-state index contributed by atoms with van der Waals surface area (Å²) in [5.74, 6) is 2.09. The normalized spacial score (nSPS) is 16.8. The molecule has 1 N–H and O–H groups in total. The lowest BCUT2D eigenvalue weighted by molar-refractivity contribution is 0.174. The summed E-state index contributed by atoms with van der Waals surface area (Å²) in [6, 6.07) is 20.9. The Morgan fingerprint density at radius 2 is 1.73 bits per heavy atom. The van der Waals surface area contributed by atoms with Crippen LogP contribution >= 0.6 is 0 Å². The summed E-state index contributed by atoms with van der Waals surface area (Å²) >= 11 is 0. The molecular formula is C29H26N4O4. The van der Waals surface area contributed by atoms with Gasteiger partial charge in [0.1, 0.15) is 0 Å². The standard InChI is InChI=1S/C29H26N4O4/c1-4-19-7-9-20(10-8-19)26-25(18(3)33(29(34)30-26)22-12-5-17(2)6-13-22)28-31-27(32-37-28)21-11-14-23-24(15-21)36-16-35-23/h5-15,26H,4,16H2,1-3H3,(H,30,34). The van der Waals surface area contributed by atoms with Gasteiger partial charge in [0, 0.05) is 11.3 Å².